The molecule has 0 unspecified atom stereocenters. The van der Waals surface area contributed by atoms with Crippen LogP contribution in [-0.2, 0) is 0 Å². The number of nitrogens with zero attached hydrogens (tertiary/aromatic N) is 2. The maximum Gasteiger partial charge on any atom is 0.277 e. The Morgan fingerprint density at radius 3 is 3.27 bits per heavy atom. The second kappa shape index (κ2) is 3.64. The van der Waals surface area contributed by atoms with Crippen molar-refractivity contribution in [1.82, 2.24) is 9.97 Å². The zero-order chi connectivity index (χ0) is 10.8. The molecule has 0 amide bonds. The highest BCUT2D eigenvalue weighted by molar-refractivity contribution is 5.70. The van der Waals surface area contributed by atoms with Crippen LogP contribution in [0.1, 0.15) is 0 Å². The quantitative estimate of drug-likeness (QED) is 0.617. The molecule has 0 fully saturated rings. The lowest BCUT2D eigenvalue weighted by Crippen LogP contribution is -2.17. The van der Waals surface area contributed by atoms with Crippen molar-refractivity contribution in [3.8, 4) is 0 Å². The molecule has 0 atom stereocenters. The van der Waals surface area contributed by atoms with E-state index in [2.05, 4.69) is 27.2 Å². The fraction of sp³-hybridized carbons (Fsp3) is 0.333. The average molecular weight is 207 g/mol. The van der Waals surface area contributed by atoms with Gasteiger partial charge in [0.15, 0.2) is 5.82 Å². The van der Waals surface area contributed by atoms with Crippen molar-refractivity contribution in [2.24, 2.45) is 0 Å². The van der Waals surface area contributed by atoms with Crippen molar-refractivity contribution in [2.45, 2.75) is 0 Å². The Hall–Kier alpha value is -1.98. The maximum atomic E-state index is 11.6. The van der Waals surface area contributed by atoms with Crippen LogP contribution in [0.25, 0.3) is 0 Å². The smallest absolute Gasteiger partial charge is 0.277 e. The SMILES string of the molecule is C=CCNc1nc2c(c(=O)[nH]1)NCN2C. The zero-order valence-corrected chi connectivity index (χ0v) is 8.50. The topological polar surface area (TPSA) is 73.0 Å². The molecule has 0 saturated heterocycles. The highest BCUT2D eigenvalue weighted by Gasteiger charge is 2.20. The van der Waals surface area contributed by atoms with E-state index in [1.807, 2.05) is 11.9 Å². The van der Waals surface area contributed by atoms with Gasteiger partial charge in [0.1, 0.15) is 5.69 Å². The molecule has 0 spiro atoms. The molecule has 1 aromatic rings. The number of nitrogens with one attached hydrogen (secondary N) is 3. The Morgan fingerprint density at radius 2 is 2.53 bits per heavy atom. The molecule has 6 nitrogen and oxygen atoms in total. The molecular formula is C9H13N5O. The summed E-state index contributed by atoms with van der Waals surface area (Å²) in [5.74, 6) is 1.14. The van der Waals surface area contributed by atoms with Gasteiger partial charge < -0.3 is 15.5 Å². The molecule has 15 heavy (non-hydrogen) atoms. The molecule has 3 N–H and O–H groups in total. The summed E-state index contributed by atoms with van der Waals surface area (Å²) in [4.78, 5) is 20.4. The summed E-state index contributed by atoms with van der Waals surface area (Å²) in [6.45, 7) is 4.76. The number of hydrogen-bond donors (Lipinski definition) is 3. The zero-order valence-electron chi connectivity index (χ0n) is 8.50. The van der Waals surface area contributed by atoms with Crippen molar-refractivity contribution >= 4 is 17.5 Å². The van der Waals surface area contributed by atoms with Gasteiger partial charge in [-0.2, -0.15) is 4.98 Å². The molecule has 0 aliphatic carbocycles. The second-order valence-corrected chi connectivity index (χ2v) is 3.32. The summed E-state index contributed by atoms with van der Waals surface area (Å²) in [6, 6.07) is 0. The van der Waals surface area contributed by atoms with Crippen LogP contribution in [0.15, 0.2) is 17.4 Å². The van der Waals surface area contributed by atoms with E-state index in [0.29, 0.717) is 30.7 Å². The lowest BCUT2D eigenvalue weighted by Gasteiger charge is -2.09. The third-order valence-electron chi connectivity index (χ3n) is 2.17. The number of fused-ring (bicyclic) bond motifs is 1. The Morgan fingerprint density at radius 1 is 1.73 bits per heavy atom. The van der Waals surface area contributed by atoms with Crippen molar-refractivity contribution in [3.05, 3.63) is 23.0 Å². The molecule has 0 saturated carbocycles. The van der Waals surface area contributed by atoms with E-state index in [9.17, 15) is 4.79 Å². The van der Waals surface area contributed by atoms with E-state index in [1.165, 1.54) is 0 Å². The van der Waals surface area contributed by atoms with Crippen LogP contribution in [0, 0.1) is 0 Å². The molecular weight excluding hydrogens is 194 g/mol. The number of hydrogen-bond acceptors (Lipinski definition) is 5. The number of aromatic nitrogens is 2. The summed E-state index contributed by atoms with van der Waals surface area (Å²) >= 11 is 0. The standard InChI is InChI=1S/C9H13N5O/c1-3-4-10-9-12-7-6(8(15)13-9)11-5-14(7)2/h3,11H,1,4-5H2,2H3,(H2,10,12,13,15). The first-order valence-electron chi connectivity index (χ1n) is 4.66. The van der Waals surface area contributed by atoms with E-state index >= 15 is 0 Å². The number of rotatable bonds is 3. The van der Waals surface area contributed by atoms with Gasteiger partial charge in [-0.25, -0.2) is 0 Å². The molecule has 80 valence electrons. The van der Waals surface area contributed by atoms with Crippen LogP contribution in [0.5, 0.6) is 0 Å². The highest BCUT2D eigenvalue weighted by atomic mass is 16.1. The van der Waals surface area contributed by atoms with E-state index < -0.39 is 0 Å². The van der Waals surface area contributed by atoms with Crippen molar-refractivity contribution < 1.29 is 0 Å². The Kier molecular flexibility index (Phi) is 2.32. The van der Waals surface area contributed by atoms with Crippen molar-refractivity contribution in [1.29, 1.82) is 0 Å². The summed E-state index contributed by atoms with van der Waals surface area (Å²) in [7, 11) is 1.88. The van der Waals surface area contributed by atoms with Crippen molar-refractivity contribution in [3.63, 3.8) is 0 Å². The molecule has 0 bridgehead atoms. The summed E-state index contributed by atoms with van der Waals surface area (Å²) in [5.41, 5.74) is 0.373. The van der Waals surface area contributed by atoms with Gasteiger partial charge in [0.05, 0.1) is 6.67 Å². The minimum absolute atomic E-state index is 0.157. The largest absolute Gasteiger partial charge is 0.360 e. The first-order chi connectivity index (χ1) is 7.22. The predicted molar refractivity (Wildman–Crippen MR) is 60.4 cm³/mol. The van der Waals surface area contributed by atoms with Gasteiger partial charge in [0, 0.05) is 13.6 Å². The third-order valence-corrected chi connectivity index (χ3v) is 2.17. The lowest BCUT2D eigenvalue weighted by atomic mass is 10.5. The first-order valence-corrected chi connectivity index (χ1v) is 4.66. The summed E-state index contributed by atoms with van der Waals surface area (Å²) < 4.78 is 0. The van der Waals surface area contributed by atoms with Gasteiger partial charge in [-0.1, -0.05) is 6.08 Å². The summed E-state index contributed by atoms with van der Waals surface area (Å²) in [6.07, 6.45) is 1.70. The van der Waals surface area contributed by atoms with Crippen LogP contribution in [0.4, 0.5) is 17.5 Å². The number of H-pyrrole nitrogens is 1. The van der Waals surface area contributed by atoms with E-state index in [0.717, 1.165) is 0 Å². The van der Waals surface area contributed by atoms with Gasteiger partial charge in [0.2, 0.25) is 5.95 Å². The normalized spacial score (nSPS) is 13.3. The van der Waals surface area contributed by atoms with Crippen LogP contribution < -0.4 is 21.1 Å². The molecule has 2 rings (SSSR count). The first kappa shape index (κ1) is 9.57. The Labute approximate surface area is 87.0 Å². The van der Waals surface area contributed by atoms with Crippen molar-refractivity contribution in [2.75, 3.05) is 35.8 Å². The van der Waals surface area contributed by atoms with Gasteiger partial charge in [-0.05, 0) is 0 Å². The monoisotopic (exact) mass is 207 g/mol. The average Bonchev–Trinajstić information content (AvgIpc) is 2.58. The minimum atomic E-state index is -0.157. The molecule has 1 aliphatic rings. The van der Waals surface area contributed by atoms with Crippen LogP contribution in [0.2, 0.25) is 0 Å². The van der Waals surface area contributed by atoms with E-state index in [4.69, 9.17) is 0 Å². The second-order valence-electron chi connectivity index (χ2n) is 3.32. The molecule has 1 aliphatic heterocycles. The van der Waals surface area contributed by atoms with Crippen LogP contribution in [0.3, 0.4) is 0 Å². The molecule has 0 aromatic carbocycles. The van der Waals surface area contributed by atoms with Crippen LogP contribution >= 0.6 is 0 Å². The van der Waals surface area contributed by atoms with Gasteiger partial charge in [-0.15, -0.1) is 6.58 Å². The fourth-order valence-electron chi connectivity index (χ4n) is 1.42. The highest BCUT2D eigenvalue weighted by Crippen LogP contribution is 2.23. The van der Waals surface area contributed by atoms with Gasteiger partial charge >= 0.3 is 0 Å². The minimum Gasteiger partial charge on any atom is -0.360 e. The Balaban J connectivity index is 2.37. The van der Waals surface area contributed by atoms with Crippen LogP contribution in [-0.4, -0.2) is 30.2 Å². The lowest BCUT2D eigenvalue weighted by molar-refractivity contribution is 0.997. The predicted octanol–water partition coefficient (Wildman–Crippen LogP) is 0.187. The van der Waals surface area contributed by atoms with E-state index in [-0.39, 0.29) is 5.56 Å². The summed E-state index contributed by atoms with van der Waals surface area (Å²) in [5, 5.41) is 5.92. The number of aromatic amines is 1. The fourth-order valence-corrected chi connectivity index (χ4v) is 1.42. The number of anilines is 3. The van der Waals surface area contributed by atoms with Gasteiger partial charge in [-0.3, -0.25) is 9.78 Å². The molecule has 0 radical (unpaired) electrons. The van der Waals surface area contributed by atoms with E-state index in [1.54, 1.807) is 6.08 Å². The Bertz CT molecular complexity index is 439. The molecule has 2 heterocycles. The third kappa shape index (κ3) is 1.65. The maximum absolute atomic E-state index is 11.6. The van der Waals surface area contributed by atoms with Gasteiger partial charge in [0.25, 0.3) is 5.56 Å². The molecule has 6 heteroatoms. The molecule has 1 aromatic heterocycles.